The minimum Gasteiger partial charge on any atom is -0.473 e. The number of halogens is 1. The van der Waals surface area contributed by atoms with Gasteiger partial charge < -0.3 is 4.74 Å². The summed E-state index contributed by atoms with van der Waals surface area (Å²) in [5.74, 6) is 1.19. The molecule has 1 aliphatic rings. The Labute approximate surface area is 145 Å². The van der Waals surface area contributed by atoms with E-state index in [1.54, 1.807) is 18.3 Å². The molecule has 2 heterocycles. The number of nitro benzene ring substituents is 1. The van der Waals surface area contributed by atoms with Gasteiger partial charge in [-0.1, -0.05) is 18.2 Å². The number of ether oxygens (including phenoxy) is 1. The smallest absolute Gasteiger partial charge is 0.269 e. The van der Waals surface area contributed by atoms with Crippen LogP contribution in [0.2, 0.25) is 0 Å². The topological polar surface area (TPSA) is 68.5 Å². The van der Waals surface area contributed by atoms with Crippen molar-refractivity contribution in [2.24, 2.45) is 0 Å². The highest BCUT2D eigenvalue weighted by Crippen LogP contribution is 2.25. The standard InChI is InChI=1S/C17H18ClN3O3/c18-8-7-16-12-20(11-14-2-1-9-19-17(14)24-16)10-13-3-5-15(6-4-13)21(22)23/h1-6,9,16H,7-8,10-12H2. The van der Waals surface area contributed by atoms with Crippen molar-refractivity contribution in [3.05, 3.63) is 63.8 Å². The maximum atomic E-state index is 10.8. The zero-order valence-electron chi connectivity index (χ0n) is 13.1. The summed E-state index contributed by atoms with van der Waals surface area (Å²) in [5.41, 5.74) is 2.17. The molecular formula is C17H18ClN3O3. The fraction of sp³-hybridized carbons (Fsp3) is 0.353. The Morgan fingerprint density at radius 2 is 2.12 bits per heavy atom. The Bertz CT molecular complexity index is 708. The molecule has 24 heavy (non-hydrogen) atoms. The molecule has 126 valence electrons. The molecular weight excluding hydrogens is 330 g/mol. The Morgan fingerprint density at radius 1 is 1.33 bits per heavy atom. The first kappa shape index (κ1) is 16.7. The summed E-state index contributed by atoms with van der Waals surface area (Å²) < 4.78 is 5.99. The summed E-state index contributed by atoms with van der Waals surface area (Å²) >= 11 is 5.89. The van der Waals surface area contributed by atoms with Crippen LogP contribution in [-0.4, -0.2) is 33.3 Å². The van der Waals surface area contributed by atoms with E-state index >= 15 is 0 Å². The number of hydrogen-bond donors (Lipinski definition) is 0. The normalized spacial score (nSPS) is 17.6. The number of non-ortho nitro benzene ring substituents is 1. The SMILES string of the molecule is O=[N+]([O-])c1ccc(CN2Cc3cccnc3OC(CCCl)C2)cc1. The third kappa shape index (κ3) is 4.01. The second kappa shape index (κ2) is 7.59. The molecule has 0 radical (unpaired) electrons. The monoisotopic (exact) mass is 347 g/mol. The van der Waals surface area contributed by atoms with Crippen LogP contribution in [0.4, 0.5) is 5.69 Å². The van der Waals surface area contributed by atoms with Gasteiger partial charge in [0.05, 0.1) is 4.92 Å². The predicted octanol–water partition coefficient (Wildman–Crippen LogP) is 3.38. The van der Waals surface area contributed by atoms with Crippen molar-refractivity contribution in [1.82, 2.24) is 9.88 Å². The molecule has 1 aromatic heterocycles. The van der Waals surface area contributed by atoms with E-state index in [0.717, 1.165) is 30.6 Å². The van der Waals surface area contributed by atoms with E-state index in [-0.39, 0.29) is 16.7 Å². The zero-order chi connectivity index (χ0) is 16.9. The van der Waals surface area contributed by atoms with Gasteiger partial charge >= 0.3 is 0 Å². The average molecular weight is 348 g/mol. The summed E-state index contributed by atoms with van der Waals surface area (Å²) in [6.07, 6.45) is 2.45. The molecule has 1 aromatic carbocycles. The van der Waals surface area contributed by atoms with Crippen molar-refractivity contribution in [2.75, 3.05) is 12.4 Å². The van der Waals surface area contributed by atoms with Gasteiger partial charge in [0.25, 0.3) is 5.69 Å². The Morgan fingerprint density at radius 3 is 2.83 bits per heavy atom. The molecule has 0 spiro atoms. The van der Waals surface area contributed by atoms with Crippen molar-refractivity contribution >= 4 is 17.3 Å². The molecule has 2 aromatic rings. The number of aromatic nitrogens is 1. The maximum absolute atomic E-state index is 10.8. The van der Waals surface area contributed by atoms with Crippen LogP contribution in [0.5, 0.6) is 5.88 Å². The van der Waals surface area contributed by atoms with Gasteiger partial charge in [0.1, 0.15) is 6.10 Å². The summed E-state index contributed by atoms with van der Waals surface area (Å²) in [6.45, 7) is 2.15. The van der Waals surface area contributed by atoms with Gasteiger partial charge in [-0.3, -0.25) is 15.0 Å². The quantitative estimate of drug-likeness (QED) is 0.471. The lowest BCUT2D eigenvalue weighted by atomic mass is 10.1. The summed E-state index contributed by atoms with van der Waals surface area (Å²) in [4.78, 5) is 16.9. The van der Waals surface area contributed by atoms with Gasteiger partial charge in [-0.15, -0.1) is 11.6 Å². The number of alkyl halides is 1. The molecule has 6 nitrogen and oxygen atoms in total. The zero-order valence-corrected chi connectivity index (χ0v) is 13.9. The van der Waals surface area contributed by atoms with Gasteiger partial charge in [0.15, 0.2) is 0 Å². The summed E-state index contributed by atoms with van der Waals surface area (Å²) in [5, 5.41) is 10.8. The van der Waals surface area contributed by atoms with E-state index in [2.05, 4.69) is 9.88 Å². The lowest BCUT2D eigenvalue weighted by Gasteiger charge is -2.23. The molecule has 1 aliphatic heterocycles. The van der Waals surface area contributed by atoms with Crippen LogP contribution in [0.3, 0.4) is 0 Å². The Balaban J connectivity index is 1.77. The van der Waals surface area contributed by atoms with E-state index in [4.69, 9.17) is 16.3 Å². The van der Waals surface area contributed by atoms with Gasteiger partial charge in [-0.25, -0.2) is 4.98 Å². The van der Waals surface area contributed by atoms with Crippen molar-refractivity contribution in [3.8, 4) is 5.88 Å². The molecule has 1 unspecified atom stereocenters. The largest absolute Gasteiger partial charge is 0.473 e. The van der Waals surface area contributed by atoms with Gasteiger partial charge in [0.2, 0.25) is 5.88 Å². The molecule has 3 rings (SSSR count). The molecule has 0 saturated carbocycles. The lowest BCUT2D eigenvalue weighted by molar-refractivity contribution is -0.384. The molecule has 0 saturated heterocycles. The predicted molar refractivity (Wildman–Crippen MR) is 91.2 cm³/mol. The highest BCUT2D eigenvalue weighted by Gasteiger charge is 2.23. The van der Waals surface area contributed by atoms with Gasteiger partial charge in [-0.2, -0.15) is 0 Å². The van der Waals surface area contributed by atoms with Crippen LogP contribution in [0.25, 0.3) is 0 Å². The van der Waals surface area contributed by atoms with E-state index in [1.807, 2.05) is 12.1 Å². The van der Waals surface area contributed by atoms with E-state index in [1.165, 1.54) is 12.1 Å². The molecule has 7 heteroatoms. The number of nitro groups is 1. The first-order valence-electron chi connectivity index (χ1n) is 7.78. The number of pyridine rings is 1. The number of fused-ring (bicyclic) bond motifs is 1. The lowest BCUT2D eigenvalue weighted by Crippen LogP contribution is -2.32. The molecule has 0 bridgehead atoms. The van der Waals surface area contributed by atoms with Crippen molar-refractivity contribution in [2.45, 2.75) is 25.6 Å². The Kier molecular flexibility index (Phi) is 5.27. The van der Waals surface area contributed by atoms with Crippen LogP contribution in [0, 0.1) is 10.1 Å². The van der Waals surface area contributed by atoms with Crippen LogP contribution in [-0.2, 0) is 13.1 Å². The maximum Gasteiger partial charge on any atom is 0.269 e. The van der Waals surface area contributed by atoms with Gasteiger partial charge in [-0.05, 0) is 18.1 Å². The summed E-state index contributed by atoms with van der Waals surface area (Å²) in [7, 11) is 0. The van der Waals surface area contributed by atoms with Crippen LogP contribution >= 0.6 is 11.6 Å². The highest BCUT2D eigenvalue weighted by atomic mass is 35.5. The molecule has 0 amide bonds. The third-order valence-electron chi connectivity index (χ3n) is 3.97. The number of rotatable bonds is 5. The highest BCUT2D eigenvalue weighted by molar-refractivity contribution is 6.17. The van der Waals surface area contributed by atoms with Crippen molar-refractivity contribution < 1.29 is 9.66 Å². The minimum atomic E-state index is -0.387. The van der Waals surface area contributed by atoms with Crippen LogP contribution < -0.4 is 4.74 Å². The van der Waals surface area contributed by atoms with E-state index in [9.17, 15) is 10.1 Å². The van der Waals surface area contributed by atoms with Crippen LogP contribution in [0.15, 0.2) is 42.6 Å². The van der Waals surface area contributed by atoms with Crippen LogP contribution in [0.1, 0.15) is 17.5 Å². The number of benzene rings is 1. The van der Waals surface area contributed by atoms with E-state index in [0.29, 0.717) is 18.3 Å². The molecule has 1 atom stereocenters. The average Bonchev–Trinajstić information content (AvgIpc) is 2.74. The third-order valence-corrected chi connectivity index (χ3v) is 4.19. The fourth-order valence-electron chi connectivity index (χ4n) is 2.81. The Hall–Kier alpha value is -2.18. The van der Waals surface area contributed by atoms with E-state index < -0.39 is 0 Å². The number of nitrogens with zero attached hydrogens (tertiary/aromatic N) is 3. The van der Waals surface area contributed by atoms with Crippen molar-refractivity contribution in [1.29, 1.82) is 0 Å². The van der Waals surface area contributed by atoms with Gasteiger partial charge in [0, 0.05) is 49.4 Å². The second-order valence-corrected chi connectivity index (χ2v) is 6.16. The summed E-state index contributed by atoms with van der Waals surface area (Å²) in [6, 6.07) is 10.6. The first-order valence-corrected chi connectivity index (χ1v) is 8.31. The number of hydrogen-bond acceptors (Lipinski definition) is 5. The minimum absolute atomic E-state index is 0.0169. The second-order valence-electron chi connectivity index (χ2n) is 5.78. The molecule has 0 aliphatic carbocycles. The molecule has 0 fully saturated rings. The molecule has 0 N–H and O–H groups in total. The van der Waals surface area contributed by atoms with Crippen molar-refractivity contribution in [3.63, 3.8) is 0 Å². The fourth-order valence-corrected chi connectivity index (χ4v) is 3.06. The first-order chi connectivity index (χ1) is 11.7.